The number of hydrogen-bond acceptors (Lipinski definition) is 3. The number of nitrogens with zero attached hydrogens (tertiary/aromatic N) is 1. The second-order valence-electron chi connectivity index (χ2n) is 5.73. The van der Waals surface area contributed by atoms with Crippen LogP contribution >= 0.6 is 11.3 Å². The van der Waals surface area contributed by atoms with Gasteiger partial charge in [0.15, 0.2) is 0 Å². The second-order valence-corrected chi connectivity index (χ2v) is 6.73. The third-order valence-corrected chi connectivity index (χ3v) is 5.36. The van der Waals surface area contributed by atoms with Crippen LogP contribution in [0.1, 0.15) is 42.5 Å². The molecule has 1 aromatic heterocycles. The third-order valence-electron chi connectivity index (χ3n) is 4.35. The number of rotatable bonds is 4. The zero-order chi connectivity index (χ0) is 13.9. The van der Waals surface area contributed by atoms with Gasteiger partial charge in [-0.1, -0.05) is 19.3 Å². The first-order valence-corrected chi connectivity index (χ1v) is 7.96. The van der Waals surface area contributed by atoms with Gasteiger partial charge in [-0.3, -0.25) is 4.79 Å². The molecule has 0 spiro atoms. The molecule has 1 aromatic rings. The first kappa shape index (κ1) is 14.5. The van der Waals surface area contributed by atoms with Crippen molar-refractivity contribution in [3.8, 4) is 0 Å². The Kier molecular flexibility index (Phi) is 4.63. The average Bonchev–Trinajstić information content (AvgIpc) is 2.84. The fourth-order valence-corrected chi connectivity index (χ4v) is 3.95. The minimum atomic E-state index is -0.293. The third kappa shape index (κ3) is 3.00. The normalized spacial score (nSPS) is 18.3. The summed E-state index contributed by atoms with van der Waals surface area (Å²) in [5.74, 6) is 0.238. The summed E-state index contributed by atoms with van der Waals surface area (Å²) in [5, 5.41) is 2.09. The van der Waals surface area contributed by atoms with E-state index in [4.69, 9.17) is 5.73 Å². The molecule has 0 aliphatic heterocycles. The van der Waals surface area contributed by atoms with Gasteiger partial charge in [-0.25, -0.2) is 0 Å². The second kappa shape index (κ2) is 6.06. The summed E-state index contributed by atoms with van der Waals surface area (Å²) in [6.07, 6.45) is 5.42. The monoisotopic (exact) mass is 280 g/mol. The molecule has 1 heterocycles. The lowest BCUT2D eigenvalue weighted by Gasteiger charge is -2.37. The highest BCUT2D eigenvalue weighted by molar-refractivity contribution is 7.10. The highest BCUT2D eigenvalue weighted by Crippen LogP contribution is 2.37. The lowest BCUT2D eigenvalue weighted by Crippen LogP contribution is -2.47. The summed E-state index contributed by atoms with van der Waals surface area (Å²) < 4.78 is 0. The summed E-state index contributed by atoms with van der Waals surface area (Å²) in [6, 6.07) is 2.11. The molecule has 1 fully saturated rings. The molecule has 0 bridgehead atoms. The molecular weight excluding hydrogens is 256 g/mol. The smallest absolute Gasteiger partial charge is 0.230 e. The molecule has 0 unspecified atom stereocenters. The summed E-state index contributed by atoms with van der Waals surface area (Å²) in [7, 11) is 1.91. The van der Waals surface area contributed by atoms with Crippen molar-refractivity contribution in [3.63, 3.8) is 0 Å². The van der Waals surface area contributed by atoms with Gasteiger partial charge in [-0.2, -0.15) is 0 Å². The summed E-state index contributed by atoms with van der Waals surface area (Å²) in [5.41, 5.74) is 6.92. The number of carbonyl (C=O) groups is 1. The molecule has 0 saturated heterocycles. The summed E-state index contributed by atoms with van der Waals surface area (Å²) in [6.45, 7) is 3.30. The van der Waals surface area contributed by atoms with E-state index in [1.165, 1.54) is 16.9 Å². The van der Waals surface area contributed by atoms with E-state index in [-0.39, 0.29) is 11.3 Å². The zero-order valence-corrected chi connectivity index (χ0v) is 12.8. The van der Waals surface area contributed by atoms with Crippen LogP contribution in [0, 0.1) is 12.3 Å². The fraction of sp³-hybridized carbons (Fsp3) is 0.667. The van der Waals surface area contributed by atoms with Gasteiger partial charge in [0.2, 0.25) is 5.91 Å². The Labute approximate surface area is 119 Å². The van der Waals surface area contributed by atoms with Crippen molar-refractivity contribution in [1.29, 1.82) is 0 Å². The molecule has 1 aliphatic rings. The summed E-state index contributed by atoms with van der Waals surface area (Å²) >= 11 is 1.72. The van der Waals surface area contributed by atoms with Crippen LogP contribution in [0.4, 0.5) is 0 Å². The van der Waals surface area contributed by atoms with E-state index in [1.54, 1.807) is 11.3 Å². The maximum atomic E-state index is 12.7. The van der Waals surface area contributed by atoms with Crippen molar-refractivity contribution in [2.45, 2.75) is 45.6 Å². The van der Waals surface area contributed by atoms with Gasteiger partial charge >= 0.3 is 0 Å². The average molecular weight is 280 g/mol. The summed E-state index contributed by atoms with van der Waals surface area (Å²) in [4.78, 5) is 15.9. The molecular formula is C15H24N2OS. The van der Waals surface area contributed by atoms with Gasteiger partial charge in [0.1, 0.15) is 0 Å². The van der Waals surface area contributed by atoms with Gasteiger partial charge in [-0.05, 0) is 36.8 Å². The highest BCUT2D eigenvalue weighted by atomic mass is 32.1. The topological polar surface area (TPSA) is 46.3 Å². The molecule has 2 rings (SSSR count). The molecule has 3 nitrogen and oxygen atoms in total. The van der Waals surface area contributed by atoms with Crippen LogP contribution < -0.4 is 5.73 Å². The van der Waals surface area contributed by atoms with E-state index in [0.717, 1.165) is 25.7 Å². The minimum Gasteiger partial charge on any atom is -0.340 e. The number of amides is 1. The lowest BCUT2D eigenvalue weighted by atomic mass is 9.73. The molecule has 0 aromatic carbocycles. The Morgan fingerprint density at radius 1 is 1.42 bits per heavy atom. The minimum absolute atomic E-state index is 0.238. The van der Waals surface area contributed by atoms with Crippen LogP contribution in [0.25, 0.3) is 0 Å². The van der Waals surface area contributed by atoms with Gasteiger partial charge < -0.3 is 10.6 Å². The predicted molar refractivity (Wildman–Crippen MR) is 80.1 cm³/mol. The molecule has 0 radical (unpaired) electrons. The van der Waals surface area contributed by atoms with Gasteiger partial charge in [0.05, 0.1) is 12.0 Å². The van der Waals surface area contributed by atoms with Gasteiger partial charge in [0, 0.05) is 18.5 Å². The molecule has 2 N–H and O–H groups in total. The van der Waals surface area contributed by atoms with Crippen LogP contribution in [-0.4, -0.2) is 24.4 Å². The van der Waals surface area contributed by atoms with E-state index < -0.39 is 0 Å². The van der Waals surface area contributed by atoms with Crippen LogP contribution in [0.2, 0.25) is 0 Å². The maximum absolute atomic E-state index is 12.7. The predicted octanol–water partition coefficient (Wildman–Crippen LogP) is 2.92. The van der Waals surface area contributed by atoms with Crippen molar-refractivity contribution in [1.82, 2.24) is 4.90 Å². The van der Waals surface area contributed by atoms with Crippen LogP contribution in [-0.2, 0) is 11.3 Å². The maximum Gasteiger partial charge on any atom is 0.230 e. The zero-order valence-electron chi connectivity index (χ0n) is 11.9. The number of nitrogens with two attached hydrogens (primary N) is 1. The Hall–Kier alpha value is -0.870. The van der Waals surface area contributed by atoms with E-state index in [0.29, 0.717) is 13.1 Å². The highest BCUT2D eigenvalue weighted by Gasteiger charge is 2.39. The lowest BCUT2D eigenvalue weighted by molar-refractivity contribution is -0.142. The molecule has 4 heteroatoms. The van der Waals surface area contributed by atoms with Crippen LogP contribution in [0.3, 0.4) is 0 Å². The van der Waals surface area contributed by atoms with E-state index >= 15 is 0 Å². The van der Waals surface area contributed by atoms with Crippen molar-refractivity contribution in [2.75, 3.05) is 13.6 Å². The van der Waals surface area contributed by atoms with Crippen LogP contribution in [0.15, 0.2) is 11.4 Å². The number of aryl methyl sites for hydroxylation is 1. The van der Waals surface area contributed by atoms with E-state index in [1.807, 2.05) is 11.9 Å². The first-order chi connectivity index (χ1) is 9.09. The molecule has 1 saturated carbocycles. The molecule has 1 amide bonds. The quantitative estimate of drug-likeness (QED) is 0.921. The Balaban J connectivity index is 2.07. The van der Waals surface area contributed by atoms with Crippen molar-refractivity contribution in [3.05, 3.63) is 21.9 Å². The first-order valence-electron chi connectivity index (χ1n) is 7.08. The Morgan fingerprint density at radius 2 is 2.11 bits per heavy atom. The SMILES string of the molecule is Cc1ccsc1CN(C)C(=O)C1(CN)CCCCC1. The Morgan fingerprint density at radius 3 is 2.63 bits per heavy atom. The molecule has 1 aliphatic carbocycles. The molecule has 19 heavy (non-hydrogen) atoms. The van der Waals surface area contributed by atoms with E-state index in [2.05, 4.69) is 18.4 Å². The Bertz CT molecular complexity index is 435. The standard InChI is InChI=1S/C15H24N2OS/c1-12-6-9-19-13(12)10-17(2)14(18)15(11-16)7-4-3-5-8-15/h6,9H,3-5,7-8,10-11,16H2,1-2H3. The van der Waals surface area contributed by atoms with Gasteiger partial charge in [-0.15, -0.1) is 11.3 Å². The van der Waals surface area contributed by atoms with Crippen molar-refractivity contribution in [2.24, 2.45) is 11.1 Å². The van der Waals surface area contributed by atoms with Crippen molar-refractivity contribution < 1.29 is 4.79 Å². The van der Waals surface area contributed by atoms with E-state index in [9.17, 15) is 4.79 Å². The largest absolute Gasteiger partial charge is 0.340 e. The fourth-order valence-electron chi connectivity index (χ4n) is 2.99. The number of thiophene rings is 1. The van der Waals surface area contributed by atoms with Gasteiger partial charge in [0.25, 0.3) is 0 Å². The van der Waals surface area contributed by atoms with Crippen LogP contribution in [0.5, 0.6) is 0 Å². The number of hydrogen-bond donors (Lipinski definition) is 1. The van der Waals surface area contributed by atoms with Crippen molar-refractivity contribution >= 4 is 17.2 Å². The molecule has 106 valence electrons. The number of carbonyl (C=O) groups excluding carboxylic acids is 1. The molecule has 0 atom stereocenters.